The van der Waals surface area contributed by atoms with E-state index in [1.807, 2.05) is 63.2 Å². The molecule has 0 heterocycles. The monoisotopic (exact) mass is 414 g/mol. The Kier molecular flexibility index (Phi) is 8.73. The molecule has 0 unspecified atom stereocenters. The first kappa shape index (κ1) is 22.5. The SMILES string of the molecule is Cc1cc(C)c(NC(=O)CNC(=O)COC(=O)CCSc2ccccc2)c(C)c1. The van der Waals surface area contributed by atoms with Crippen molar-refractivity contribution in [2.45, 2.75) is 32.1 Å². The molecule has 29 heavy (non-hydrogen) atoms. The number of hydrogen-bond donors (Lipinski definition) is 2. The number of ether oxygens (including phenoxy) is 1. The summed E-state index contributed by atoms with van der Waals surface area (Å²) in [6, 6.07) is 13.7. The summed E-state index contributed by atoms with van der Waals surface area (Å²) in [5.41, 5.74) is 3.79. The summed E-state index contributed by atoms with van der Waals surface area (Å²) in [6.07, 6.45) is 0.208. The third-order valence-electron chi connectivity index (χ3n) is 4.07. The Balaban J connectivity index is 1.65. The van der Waals surface area contributed by atoms with E-state index >= 15 is 0 Å². The minimum atomic E-state index is -0.512. The number of benzene rings is 2. The van der Waals surface area contributed by atoms with Gasteiger partial charge in [0.25, 0.3) is 5.91 Å². The summed E-state index contributed by atoms with van der Waals surface area (Å²) in [4.78, 5) is 36.7. The average Bonchev–Trinajstić information content (AvgIpc) is 2.68. The molecule has 0 saturated heterocycles. The Morgan fingerprint density at radius 1 is 0.966 bits per heavy atom. The van der Waals surface area contributed by atoms with E-state index < -0.39 is 18.5 Å². The maximum atomic E-state index is 12.1. The second-order valence-corrected chi connectivity index (χ2v) is 7.84. The van der Waals surface area contributed by atoms with Crippen molar-refractivity contribution in [1.82, 2.24) is 5.32 Å². The van der Waals surface area contributed by atoms with Crippen LogP contribution in [-0.2, 0) is 19.1 Å². The molecule has 0 aliphatic rings. The van der Waals surface area contributed by atoms with Crippen LogP contribution in [0.25, 0.3) is 0 Å². The van der Waals surface area contributed by atoms with E-state index in [1.165, 1.54) is 0 Å². The molecule has 0 aromatic heterocycles. The second kappa shape index (κ2) is 11.3. The highest BCUT2D eigenvalue weighted by Crippen LogP contribution is 2.21. The number of amides is 2. The van der Waals surface area contributed by atoms with E-state index in [-0.39, 0.29) is 18.9 Å². The molecular weight excluding hydrogens is 388 g/mol. The molecule has 2 N–H and O–H groups in total. The molecule has 7 heteroatoms. The van der Waals surface area contributed by atoms with Gasteiger partial charge < -0.3 is 15.4 Å². The lowest BCUT2D eigenvalue weighted by Crippen LogP contribution is -2.35. The molecule has 0 saturated carbocycles. The van der Waals surface area contributed by atoms with Gasteiger partial charge in [0.2, 0.25) is 5.91 Å². The van der Waals surface area contributed by atoms with Gasteiger partial charge in [0.05, 0.1) is 13.0 Å². The quantitative estimate of drug-likeness (QED) is 0.485. The lowest BCUT2D eigenvalue weighted by molar-refractivity contribution is -0.148. The van der Waals surface area contributed by atoms with E-state index in [9.17, 15) is 14.4 Å². The van der Waals surface area contributed by atoms with Crippen LogP contribution in [0.5, 0.6) is 0 Å². The molecule has 2 rings (SSSR count). The fourth-order valence-electron chi connectivity index (χ4n) is 2.78. The number of esters is 1. The molecule has 0 radical (unpaired) electrons. The number of carbonyl (C=O) groups excluding carboxylic acids is 3. The average molecular weight is 415 g/mol. The molecule has 0 atom stereocenters. The van der Waals surface area contributed by atoms with Gasteiger partial charge >= 0.3 is 5.97 Å². The minimum Gasteiger partial charge on any atom is -0.456 e. The number of hydrogen-bond acceptors (Lipinski definition) is 5. The Labute approximate surface area is 175 Å². The number of thioether (sulfide) groups is 1. The normalized spacial score (nSPS) is 10.3. The highest BCUT2D eigenvalue weighted by atomic mass is 32.2. The summed E-state index contributed by atoms with van der Waals surface area (Å²) >= 11 is 1.55. The van der Waals surface area contributed by atoms with Gasteiger partial charge in [-0.2, -0.15) is 0 Å². The molecule has 2 amide bonds. The van der Waals surface area contributed by atoms with Gasteiger partial charge in [0, 0.05) is 16.3 Å². The molecule has 6 nitrogen and oxygen atoms in total. The van der Waals surface area contributed by atoms with Crippen molar-refractivity contribution in [2.24, 2.45) is 0 Å². The smallest absolute Gasteiger partial charge is 0.307 e. The van der Waals surface area contributed by atoms with Gasteiger partial charge in [-0.25, -0.2) is 0 Å². The van der Waals surface area contributed by atoms with E-state index in [1.54, 1.807) is 11.8 Å². The van der Waals surface area contributed by atoms with E-state index in [0.29, 0.717) is 5.75 Å². The van der Waals surface area contributed by atoms with Crippen LogP contribution in [0.3, 0.4) is 0 Å². The van der Waals surface area contributed by atoms with Crippen molar-refractivity contribution in [3.05, 3.63) is 59.2 Å². The van der Waals surface area contributed by atoms with Crippen LogP contribution < -0.4 is 10.6 Å². The van der Waals surface area contributed by atoms with Crippen LogP contribution in [0.15, 0.2) is 47.4 Å². The number of anilines is 1. The first-order valence-electron chi connectivity index (χ1n) is 9.33. The van der Waals surface area contributed by atoms with Crippen molar-refractivity contribution in [3.8, 4) is 0 Å². The summed E-state index contributed by atoms with van der Waals surface area (Å²) in [7, 11) is 0. The molecule has 0 aliphatic carbocycles. The molecule has 2 aromatic carbocycles. The number of carbonyl (C=O) groups is 3. The van der Waals surface area contributed by atoms with Crippen molar-refractivity contribution in [1.29, 1.82) is 0 Å². The second-order valence-electron chi connectivity index (χ2n) is 6.67. The van der Waals surface area contributed by atoms with E-state index in [0.717, 1.165) is 27.3 Å². The number of nitrogens with one attached hydrogen (secondary N) is 2. The topological polar surface area (TPSA) is 84.5 Å². The van der Waals surface area contributed by atoms with Crippen LogP contribution in [0.2, 0.25) is 0 Å². The number of rotatable bonds is 9. The summed E-state index contributed by atoms with van der Waals surface area (Å²) < 4.78 is 4.95. The third kappa shape index (κ3) is 7.99. The number of aryl methyl sites for hydroxylation is 3. The molecular formula is C22H26N2O4S. The largest absolute Gasteiger partial charge is 0.456 e. The molecule has 154 valence electrons. The van der Waals surface area contributed by atoms with Crippen molar-refractivity contribution < 1.29 is 19.1 Å². The van der Waals surface area contributed by atoms with Crippen LogP contribution in [0.1, 0.15) is 23.1 Å². The van der Waals surface area contributed by atoms with Crippen LogP contribution in [0, 0.1) is 20.8 Å². The van der Waals surface area contributed by atoms with Crippen LogP contribution in [0.4, 0.5) is 5.69 Å². The lowest BCUT2D eigenvalue weighted by atomic mass is 10.1. The van der Waals surface area contributed by atoms with Crippen molar-refractivity contribution in [2.75, 3.05) is 24.2 Å². The summed E-state index contributed by atoms with van der Waals surface area (Å²) in [6.45, 7) is 5.25. The zero-order valence-corrected chi connectivity index (χ0v) is 17.7. The molecule has 0 spiro atoms. The zero-order chi connectivity index (χ0) is 21.2. The Bertz CT molecular complexity index is 845. The minimum absolute atomic E-state index is 0.188. The third-order valence-corrected chi connectivity index (χ3v) is 5.08. The predicted molar refractivity (Wildman–Crippen MR) is 115 cm³/mol. The maximum Gasteiger partial charge on any atom is 0.307 e. The summed E-state index contributed by atoms with van der Waals surface area (Å²) in [5.74, 6) is -0.721. The first-order chi connectivity index (χ1) is 13.8. The maximum absolute atomic E-state index is 12.1. The Morgan fingerprint density at radius 3 is 2.28 bits per heavy atom. The first-order valence-corrected chi connectivity index (χ1v) is 10.3. The molecule has 0 fully saturated rings. The molecule has 0 bridgehead atoms. The fourth-order valence-corrected chi connectivity index (χ4v) is 3.63. The Morgan fingerprint density at radius 2 is 1.62 bits per heavy atom. The van der Waals surface area contributed by atoms with Gasteiger partial charge in [-0.1, -0.05) is 35.9 Å². The van der Waals surface area contributed by atoms with Crippen LogP contribution >= 0.6 is 11.8 Å². The van der Waals surface area contributed by atoms with Crippen LogP contribution in [-0.4, -0.2) is 36.7 Å². The van der Waals surface area contributed by atoms with Gasteiger partial charge in [-0.15, -0.1) is 11.8 Å². The van der Waals surface area contributed by atoms with E-state index in [2.05, 4.69) is 10.6 Å². The van der Waals surface area contributed by atoms with Gasteiger partial charge in [0.1, 0.15) is 0 Å². The standard InChI is InChI=1S/C22H26N2O4S/c1-15-11-16(2)22(17(3)12-15)24-19(25)13-23-20(26)14-28-21(27)9-10-29-18-7-5-4-6-8-18/h4-8,11-12H,9-10,13-14H2,1-3H3,(H,23,26)(H,24,25). The van der Waals surface area contributed by atoms with E-state index in [4.69, 9.17) is 4.74 Å². The summed E-state index contributed by atoms with van der Waals surface area (Å²) in [5, 5.41) is 5.26. The van der Waals surface area contributed by atoms with Gasteiger partial charge in [-0.05, 0) is 44.0 Å². The predicted octanol–water partition coefficient (Wildman–Crippen LogP) is 3.39. The lowest BCUT2D eigenvalue weighted by Gasteiger charge is -2.13. The van der Waals surface area contributed by atoms with Crippen molar-refractivity contribution >= 4 is 35.2 Å². The van der Waals surface area contributed by atoms with Crippen molar-refractivity contribution in [3.63, 3.8) is 0 Å². The zero-order valence-electron chi connectivity index (χ0n) is 16.9. The Hall–Kier alpha value is -2.80. The molecule has 0 aliphatic heterocycles. The van der Waals surface area contributed by atoms with Gasteiger partial charge in [0.15, 0.2) is 6.61 Å². The highest BCUT2D eigenvalue weighted by Gasteiger charge is 2.11. The van der Waals surface area contributed by atoms with Gasteiger partial charge in [-0.3, -0.25) is 14.4 Å². The fraction of sp³-hybridized carbons (Fsp3) is 0.318. The molecule has 2 aromatic rings. The highest BCUT2D eigenvalue weighted by molar-refractivity contribution is 7.99.